The van der Waals surface area contributed by atoms with Gasteiger partial charge in [0.2, 0.25) is 0 Å². The molecule has 0 aromatic rings. The number of carbonyl (C=O) groups excluding carboxylic acids is 1. The maximum absolute atomic E-state index is 12.6. The van der Waals surface area contributed by atoms with Crippen molar-refractivity contribution in [2.24, 2.45) is 5.41 Å². The van der Waals surface area contributed by atoms with Crippen LogP contribution >= 0.6 is 0 Å². The van der Waals surface area contributed by atoms with E-state index in [0.717, 1.165) is 19.3 Å². The van der Waals surface area contributed by atoms with Gasteiger partial charge in [-0.1, -0.05) is 13.0 Å². The van der Waals surface area contributed by atoms with Gasteiger partial charge in [-0.05, 0) is 32.1 Å². The van der Waals surface area contributed by atoms with Crippen molar-refractivity contribution in [1.29, 1.82) is 0 Å². The van der Waals surface area contributed by atoms with E-state index < -0.39 is 11.4 Å². The summed E-state index contributed by atoms with van der Waals surface area (Å²) in [6, 6.07) is 0.300. The van der Waals surface area contributed by atoms with Crippen LogP contribution in [0, 0.1) is 5.41 Å². The molecule has 0 spiro atoms. The molecule has 1 heterocycles. The van der Waals surface area contributed by atoms with Crippen molar-refractivity contribution in [3.05, 3.63) is 12.7 Å². The van der Waals surface area contributed by atoms with Gasteiger partial charge in [-0.15, -0.1) is 6.58 Å². The number of hydrogen-bond acceptors (Lipinski definition) is 2. The number of hydrogen-bond donors (Lipinski definition) is 1. The largest absolute Gasteiger partial charge is 0.481 e. The molecule has 5 heteroatoms. The Morgan fingerprint density at radius 1 is 1.50 bits per heavy atom. The van der Waals surface area contributed by atoms with Crippen LogP contribution in [0.3, 0.4) is 0 Å². The molecule has 1 saturated carbocycles. The Morgan fingerprint density at radius 3 is 2.70 bits per heavy atom. The van der Waals surface area contributed by atoms with Gasteiger partial charge in [-0.3, -0.25) is 4.79 Å². The van der Waals surface area contributed by atoms with E-state index in [9.17, 15) is 14.7 Å². The fraction of sp³-hybridized carbons (Fsp3) is 0.733. The maximum atomic E-state index is 12.6. The molecule has 1 saturated heterocycles. The Hall–Kier alpha value is -1.52. The molecule has 0 radical (unpaired) electrons. The summed E-state index contributed by atoms with van der Waals surface area (Å²) >= 11 is 0. The fourth-order valence-electron chi connectivity index (χ4n) is 3.00. The summed E-state index contributed by atoms with van der Waals surface area (Å²) in [5.41, 5.74) is -0.767. The van der Waals surface area contributed by atoms with Gasteiger partial charge in [0.1, 0.15) is 0 Å². The summed E-state index contributed by atoms with van der Waals surface area (Å²) in [7, 11) is 0. The minimum absolute atomic E-state index is 0.0221. The summed E-state index contributed by atoms with van der Waals surface area (Å²) in [4.78, 5) is 27.7. The lowest BCUT2D eigenvalue weighted by molar-refractivity contribution is -0.152. The van der Waals surface area contributed by atoms with Crippen molar-refractivity contribution in [3.8, 4) is 0 Å². The summed E-state index contributed by atoms with van der Waals surface area (Å²) < 4.78 is 0. The monoisotopic (exact) mass is 280 g/mol. The molecule has 2 amide bonds. The Balaban J connectivity index is 2.09. The molecule has 2 fully saturated rings. The average Bonchev–Trinajstić information content (AvgIpc) is 3.28. The number of aliphatic carboxylic acids is 1. The third-order valence-corrected chi connectivity index (χ3v) is 4.54. The molecular formula is C15H24N2O3. The van der Waals surface area contributed by atoms with E-state index >= 15 is 0 Å². The highest BCUT2D eigenvalue weighted by atomic mass is 16.4. The summed E-state index contributed by atoms with van der Waals surface area (Å²) in [6.45, 7) is 7.14. The van der Waals surface area contributed by atoms with Crippen LogP contribution in [-0.4, -0.2) is 52.6 Å². The predicted octanol–water partition coefficient (Wildman–Crippen LogP) is 2.33. The third kappa shape index (κ3) is 2.81. The Kier molecular flexibility index (Phi) is 4.35. The first kappa shape index (κ1) is 14.9. The highest BCUT2D eigenvalue weighted by Crippen LogP contribution is 2.35. The summed E-state index contributed by atoms with van der Waals surface area (Å²) in [5.74, 6) is -0.779. The van der Waals surface area contributed by atoms with E-state index in [-0.39, 0.29) is 6.03 Å². The molecule has 5 nitrogen and oxygen atoms in total. The number of rotatable bonds is 5. The average molecular weight is 280 g/mol. The highest BCUT2D eigenvalue weighted by molar-refractivity contribution is 5.79. The van der Waals surface area contributed by atoms with Crippen LogP contribution in [0.4, 0.5) is 4.79 Å². The van der Waals surface area contributed by atoms with Crippen molar-refractivity contribution in [2.75, 3.05) is 19.6 Å². The Morgan fingerprint density at radius 2 is 2.20 bits per heavy atom. The van der Waals surface area contributed by atoms with Crippen LogP contribution in [-0.2, 0) is 4.79 Å². The van der Waals surface area contributed by atoms with Gasteiger partial charge in [0.25, 0.3) is 0 Å². The van der Waals surface area contributed by atoms with Crippen molar-refractivity contribution >= 4 is 12.0 Å². The number of carbonyl (C=O) groups is 2. The molecule has 0 aromatic carbocycles. The van der Waals surface area contributed by atoms with Gasteiger partial charge in [-0.25, -0.2) is 4.79 Å². The molecule has 112 valence electrons. The van der Waals surface area contributed by atoms with Gasteiger partial charge in [-0.2, -0.15) is 0 Å². The van der Waals surface area contributed by atoms with Crippen LogP contribution in [0.15, 0.2) is 12.7 Å². The van der Waals surface area contributed by atoms with E-state index in [0.29, 0.717) is 38.5 Å². The molecule has 20 heavy (non-hydrogen) atoms. The SMILES string of the molecule is C=CCN(C(=O)N1CCCC(CC)(C(=O)O)C1)C1CC1. The van der Waals surface area contributed by atoms with Crippen LogP contribution in [0.25, 0.3) is 0 Å². The summed E-state index contributed by atoms with van der Waals surface area (Å²) in [6.07, 6.45) is 5.82. The number of amides is 2. The predicted molar refractivity (Wildman–Crippen MR) is 76.5 cm³/mol. The number of likely N-dealkylation sites (tertiary alicyclic amines) is 1. The number of piperidine rings is 1. The lowest BCUT2D eigenvalue weighted by Crippen LogP contribution is -2.53. The zero-order chi connectivity index (χ0) is 14.8. The first-order valence-corrected chi connectivity index (χ1v) is 7.44. The smallest absolute Gasteiger partial charge is 0.320 e. The van der Waals surface area contributed by atoms with Crippen LogP contribution in [0.2, 0.25) is 0 Å². The first-order valence-electron chi connectivity index (χ1n) is 7.44. The summed E-state index contributed by atoms with van der Waals surface area (Å²) in [5, 5.41) is 9.48. The van der Waals surface area contributed by atoms with E-state index in [1.807, 2.05) is 11.8 Å². The number of carboxylic acids is 1. The van der Waals surface area contributed by atoms with Gasteiger partial charge < -0.3 is 14.9 Å². The van der Waals surface area contributed by atoms with Crippen molar-refractivity contribution in [1.82, 2.24) is 9.80 Å². The molecule has 1 aliphatic heterocycles. The van der Waals surface area contributed by atoms with Crippen LogP contribution in [0.5, 0.6) is 0 Å². The van der Waals surface area contributed by atoms with E-state index in [1.54, 1.807) is 11.0 Å². The van der Waals surface area contributed by atoms with E-state index in [1.165, 1.54) is 0 Å². The fourth-order valence-corrected chi connectivity index (χ4v) is 3.00. The molecular weight excluding hydrogens is 256 g/mol. The van der Waals surface area contributed by atoms with Crippen LogP contribution in [0.1, 0.15) is 39.0 Å². The second kappa shape index (κ2) is 5.85. The topological polar surface area (TPSA) is 60.9 Å². The van der Waals surface area contributed by atoms with Gasteiger partial charge in [0.15, 0.2) is 0 Å². The van der Waals surface area contributed by atoms with Crippen molar-refractivity contribution < 1.29 is 14.7 Å². The zero-order valence-corrected chi connectivity index (χ0v) is 12.2. The third-order valence-electron chi connectivity index (χ3n) is 4.54. The van der Waals surface area contributed by atoms with Crippen LogP contribution < -0.4 is 0 Å². The van der Waals surface area contributed by atoms with E-state index in [4.69, 9.17) is 0 Å². The number of urea groups is 1. The van der Waals surface area contributed by atoms with Crippen molar-refractivity contribution in [3.63, 3.8) is 0 Å². The molecule has 0 aromatic heterocycles. The van der Waals surface area contributed by atoms with E-state index in [2.05, 4.69) is 6.58 Å². The zero-order valence-electron chi connectivity index (χ0n) is 12.2. The first-order chi connectivity index (χ1) is 9.54. The Bertz CT molecular complexity index is 406. The number of carboxylic acid groups (broad SMARTS) is 1. The highest BCUT2D eigenvalue weighted by Gasteiger charge is 2.44. The quantitative estimate of drug-likeness (QED) is 0.786. The molecule has 1 unspecified atom stereocenters. The minimum Gasteiger partial charge on any atom is -0.481 e. The van der Waals surface area contributed by atoms with Gasteiger partial charge in [0.05, 0.1) is 5.41 Å². The molecule has 2 aliphatic rings. The Labute approximate surface area is 120 Å². The lowest BCUT2D eigenvalue weighted by atomic mass is 9.78. The lowest BCUT2D eigenvalue weighted by Gasteiger charge is -2.41. The normalized spacial score (nSPS) is 26.1. The van der Waals surface area contributed by atoms with Gasteiger partial charge in [0, 0.05) is 25.7 Å². The minimum atomic E-state index is -0.779. The second-order valence-corrected chi connectivity index (χ2v) is 5.92. The van der Waals surface area contributed by atoms with Crippen molar-refractivity contribution in [2.45, 2.75) is 45.1 Å². The standard InChI is InChI=1S/C15H24N2O3/c1-3-9-17(12-6-7-12)14(20)16-10-5-8-15(4-2,11-16)13(18)19/h3,12H,1,4-11H2,2H3,(H,18,19). The van der Waals surface area contributed by atoms with Gasteiger partial charge >= 0.3 is 12.0 Å². The second-order valence-electron chi connectivity index (χ2n) is 5.92. The maximum Gasteiger partial charge on any atom is 0.320 e. The molecule has 1 aliphatic carbocycles. The molecule has 1 atom stereocenters. The molecule has 0 bridgehead atoms. The number of nitrogens with zero attached hydrogens (tertiary/aromatic N) is 2. The molecule has 1 N–H and O–H groups in total. The molecule has 2 rings (SSSR count).